The van der Waals surface area contributed by atoms with Crippen LogP contribution in [0.15, 0.2) is 0 Å². The minimum absolute atomic E-state index is 0.115. The molecule has 1 fully saturated rings. The Morgan fingerprint density at radius 3 is 2.58 bits per heavy atom. The van der Waals surface area contributed by atoms with E-state index in [0.717, 1.165) is 0 Å². The van der Waals surface area contributed by atoms with Crippen LogP contribution < -0.4 is 5.32 Å². The second-order valence-electron chi connectivity index (χ2n) is 2.44. The zero-order valence-electron chi connectivity index (χ0n) is 6.40. The molecule has 3 amide bonds. The molecule has 0 unspecified atom stereocenters. The summed E-state index contributed by atoms with van der Waals surface area (Å²) in [5, 5.41) is 10.7. The van der Waals surface area contributed by atoms with Crippen molar-refractivity contribution in [3.05, 3.63) is 0 Å². The Hall–Kier alpha value is -1.59. The Labute approximate surface area is 68.1 Å². The molecule has 0 spiro atoms. The van der Waals surface area contributed by atoms with E-state index < -0.39 is 23.9 Å². The Kier molecular flexibility index (Phi) is 1.99. The molecule has 6 heteroatoms. The molecule has 0 bridgehead atoms. The van der Waals surface area contributed by atoms with Crippen molar-refractivity contribution >= 4 is 17.9 Å². The number of nitrogens with zero attached hydrogens (tertiary/aromatic N) is 1. The average Bonchev–Trinajstić information content (AvgIpc) is 2.30. The zero-order valence-corrected chi connectivity index (χ0v) is 6.40. The molecule has 1 atom stereocenters. The number of carbonyl (C=O) groups is 3. The maximum atomic E-state index is 10.9. The summed E-state index contributed by atoms with van der Waals surface area (Å²) in [6.45, 7) is 1.17. The number of hydrogen-bond acceptors (Lipinski definition) is 3. The lowest BCUT2D eigenvalue weighted by Gasteiger charge is -2.16. The van der Waals surface area contributed by atoms with Crippen LogP contribution in [-0.2, 0) is 9.59 Å². The van der Waals surface area contributed by atoms with Crippen molar-refractivity contribution in [1.82, 2.24) is 10.2 Å². The number of imide groups is 1. The Morgan fingerprint density at radius 1 is 1.67 bits per heavy atom. The van der Waals surface area contributed by atoms with Gasteiger partial charge in [-0.1, -0.05) is 0 Å². The Balaban J connectivity index is 2.79. The number of aliphatic carboxylic acids is 1. The lowest BCUT2D eigenvalue weighted by Crippen LogP contribution is -2.43. The number of rotatable bonds is 2. The van der Waals surface area contributed by atoms with Crippen LogP contribution in [0.4, 0.5) is 4.79 Å². The van der Waals surface area contributed by atoms with E-state index in [-0.39, 0.29) is 6.54 Å². The van der Waals surface area contributed by atoms with E-state index in [1.165, 1.54) is 6.92 Å². The van der Waals surface area contributed by atoms with E-state index in [0.29, 0.717) is 4.90 Å². The van der Waals surface area contributed by atoms with Gasteiger partial charge in [-0.15, -0.1) is 0 Å². The predicted molar refractivity (Wildman–Crippen MR) is 37.3 cm³/mol. The van der Waals surface area contributed by atoms with Crippen molar-refractivity contribution in [3.63, 3.8) is 0 Å². The van der Waals surface area contributed by atoms with Gasteiger partial charge in [0, 0.05) is 0 Å². The van der Waals surface area contributed by atoms with Crippen LogP contribution in [0.25, 0.3) is 0 Å². The monoisotopic (exact) mass is 172 g/mol. The van der Waals surface area contributed by atoms with Crippen LogP contribution in [0.3, 0.4) is 0 Å². The molecule has 1 aliphatic rings. The first-order valence-corrected chi connectivity index (χ1v) is 3.36. The summed E-state index contributed by atoms with van der Waals surface area (Å²) in [6, 6.07) is -1.74. The van der Waals surface area contributed by atoms with Crippen molar-refractivity contribution in [1.29, 1.82) is 0 Å². The first-order chi connectivity index (χ1) is 5.54. The first-order valence-electron chi connectivity index (χ1n) is 3.36. The van der Waals surface area contributed by atoms with Crippen molar-refractivity contribution in [3.8, 4) is 0 Å². The number of carboxylic acids is 1. The van der Waals surface area contributed by atoms with Gasteiger partial charge < -0.3 is 10.4 Å². The number of carboxylic acid groups (broad SMARTS) is 1. The second kappa shape index (κ2) is 2.80. The summed E-state index contributed by atoms with van der Waals surface area (Å²) >= 11 is 0. The molecular weight excluding hydrogens is 164 g/mol. The van der Waals surface area contributed by atoms with E-state index in [9.17, 15) is 14.4 Å². The number of urea groups is 1. The highest BCUT2D eigenvalue weighted by molar-refractivity contribution is 6.04. The van der Waals surface area contributed by atoms with Gasteiger partial charge in [-0.3, -0.25) is 4.79 Å². The van der Waals surface area contributed by atoms with E-state index in [1.54, 1.807) is 0 Å². The van der Waals surface area contributed by atoms with E-state index in [2.05, 4.69) is 5.32 Å². The molecule has 0 aromatic carbocycles. The lowest BCUT2D eigenvalue weighted by atomic mass is 10.3. The normalized spacial score (nSPS) is 19.2. The molecule has 0 aliphatic carbocycles. The maximum absolute atomic E-state index is 10.9. The number of amides is 3. The van der Waals surface area contributed by atoms with Gasteiger partial charge in [-0.25, -0.2) is 14.5 Å². The lowest BCUT2D eigenvalue weighted by molar-refractivity contribution is -0.145. The molecule has 2 N–H and O–H groups in total. The third-order valence-electron chi connectivity index (χ3n) is 1.62. The van der Waals surface area contributed by atoms with Crippen LogP contribution in [0.1, 0.15) is 6.92 Å². The number of nitrogens with one attached hydrogen (secondary N) is 1. The third kappa shape index (κ3) is 1.23. The van der Waals surface area contributed by atoms with E-state index in [4.69, 9.17) is 5.11 Å². The summed E-state index contributed by atoms with van der Waals surface area (Å²) in [5.74, 6) is -1.70. The minimum Gasteiger partial charge on any atom is -0.480 e. The summed E-state index contributed by atoms with van der Waals surface area (Å²) in [6.07, 6.45) is 0. The highest BCUT2D eigenvalue weighted by atomic mass is 16.4. The largest absolute Gasteiger partial charge is 0.480 e. The molecule has 0 saturated carbocycles. The Bertz CT molecular complexity index is 234. The van der Waals surface area contributed by atoms with Gasteiger partial charge in [-0.05, 0) is 6.92 Å². The van der Waals surface area contributed by atoms with Crippen LogP contribution >= 0.6 is 0 Å². The quantitative estimate of drug-likeness (QED) is 0.523. The molecule has 1 rings (SSSR count). The second-order valence-corrected chi connectivity index (χ2v) is 2.44. The fraction of sp³-hybridized carbons (Fsp3) is 0.500. The molecule has 1 saturated heterocycles. The van der Waals surface area contributed by atoms with Crippen molar-refractivity contribution in [2.75, 3.05) is 6.54 Å². The SMILES string of the molecule is C[C@@H](C(=O)O)N1C(=O)CNC1=O. The predicted octanol–water partition coefficient (Wildman–Crippen LogP) is -0.989. The van der Waals surface area contributed by atoms with Gasteiger partial charge in [-0.2, -0.15) is 0 Å². The summed E-state index contributed by atoms with van der Waals surface area (Å²) in [4.78, 5) is 32.9. The topological polar surface area (TPSA) is 86.7 Å². The van der Waals surface area contributed by atoms with Crippen LogP contribution in [0, 0.1) is 0 Å². The molecule has 1 heterocycles. The van der Waals surface area contributed by atoms with Crippen LogP contribution in [0.2, 0.25) is 0 Å². The summed E-state index contributed by atoms with van der Waals surface area (Å²) in [5.41, 5.74) is 0. The van der Waals surface area contributed by atoms with E-state index in [1.807, 2.05) is 0 Å². The maximum Gasteiger partial charge on any atom is 0.326 e. The number of carbonyl (C=O) groups excluding carboxylic acids is 2. The van der Waals surface area contributed by atoms with Gasteiger partial charge in [0.05, 0.1) is 6.54 Å². The number of hydrogen-bond donors (Lipinski definition) is 2. The molecule has 0 aromatic heterocycles. The zero-order chi connectivity index (χ0) is 9.30. The van der Waals surface area contributed by atoms with Crippen LogP contribution in [0.5, 0.6) is 0 Å². The molecular formula is C6H8N2O4. The van der Waals surface area contributed by atoms with Crippen molar-refractivity contribution in [2.24, 2.45) is 0 Å². The molecule has 6 nitrogen and oxygen atoms in total. The third-order valence-corrected chi connectivity index (χ3v) is 1.62. The first kappa shape index (κ1) is 8.51. The Morgan fingerprint density at radius 2 is 2.25 bits per heavy atom. The van der Waals surface area contributed by atoms with Gasteiger partial charge in [0.2, 0.25) is 0 Å². The average molecular weight is 172 g/mol. The van der Waals surface area contributed by atoms with Gasteiger partial charge in [0.15, 0.2) is 0 Å². The fourth-order valence-corrected chi connectivity index (χ4v) is 0.937. The highest BCUT2D eigenvalue weighted by Crippen LogP contribution is 2.05. The molecule has 1 aliphatic heterocycles. The van der Waals surface area contributed by atoms with E-state index >= 15 is 0 Å². The van der Waals surface area contributed by atoms with Gasteiger partial charge in [0.1, 0.15) is 6.04 Å². The fourth-order valence-electron chi connectivity index (χ4n) is 0.937. The molecule has 0 aromatic rings. The minimum atomic E-state index is -1.19. The smallest absolute Gasteiger partial charge is 0.326 e. The molecule has 0 radical (unpaired) electrons. The molecule has 12 heavy (non-hydrogen) atoms. The highest BCUT2D eigenvalue weighted by Gasteiger charge is 2.35. The van der Waals surface area contributed by atoms with Gasteiger partial charge in [0.25, 0.3) is 5.91 Å². The summed E-state index contributed by atoms with van der Waals surface area (Å²) in [7, 11) is 0. The van der Waals surface area contributed by atoms with Gasteiger partial charge >= 0.3 is 12.0 Å². The van der Waals surface area contributed by atoms with Crippen LogP contribution in [-0.4, -0.2) is 40.5 Å². The van der Waals surface area contributed by atoms with Crippen molar-refractivity contribution in [2.45, 2.75) is 13.0 Å². The van der Waals surface area contributed by atoms with Crippen molar-refractivity contribution < 1.29 is 19.5 Å². The molecule has 66 valence electrons. The summed E-state index contributed by atoms with van der Waals surface area (Å²) < 4.78 is 0. The standard InChI is InChI=1S/C6H8N2O4/c1-3(5(10)11)8-4(9)2-7-6(8)12/h3H,2H2,1H3,(H,7,12)(H,10,11)/t3-/m0/s1.